The Morgan fingerprint density at radius 1 is 1.48 bits per heavy atom. The lowest BCUT2D eigenvalue weighted by Gasteiger charge is -2.21. The molecule has 1 fully saturated rings. The van der Waals surface area contributed by atoms with Crippen molar-refractivity contribution in [3.05, 3.63) is 11.7 Å². The molecule has 6 nitrogen and oxygen atoms in total. The fourth-order valence-corrected chi connectivity index (χ4v) is 2.17. The van der Waals surface area contributed by atoms with E-state index in [9.17, 15) is 4.79 Å². The molecule has 0 bridgehead atoms. The molecule has 118 valence electrons. The number of nitrogens with zero attached hydrogens (tertiary/aromatic N) is 3. The Labute approximate surface area is 126 Å². The number of aromatic nitrogens is 2. The number of hydrogen-bond donors (Lipinski definition) is 1. The third kappa shape index (κ3) is 4.19. The van der Waals surface area contributed by atoms with E-state index in [4.69, 9.17) is 4.52 Å². The van der Waals surface area contributed by atoms with Crippen molar-refractivity contribution in [3.8, 4) is 0 Å². The van der Waals surface area contributed by atoms with Gasteiger partial charge in [-0.05, 0) is 25.7 Å². The summed E-state index contributed by atoms with van der Waals surface area (Å²) in [6.07, 6.45) is 4.56. The molecule has 6 heteroatoms. The summed E-state index contributed by atoms with van der Waals surface area (Å²) < 4.78 is 5.29. The topological polar surface area (TPSA) is 71.3 Å². The summed E-state index contributed by atoms with van der Waals surface area (Å²) in [4.78, 5) is 18.3. The standard InChI is InChI=1S/C15H26N4O2/c1-4-11(3)9-16-15(20)19(5-2)10-13-17-14(21-18-13)12-7-6-8-12/h11-12H,4-10H2,1-3H3,(H,16,20)/t11-/m1/s1. The first-order valence-electron chi connectivity index (χ1n) is 7.99. The monoisotopic (exact) mass is 294 g/mol. The molecule has 0 aliphatic heterocycles. The second kappa shape index (κ2) is 7.43. The van der Waals surface area contributed by atoms with Crippen molar-refractivity contribution >= 4 is 6.03 Å². The van der Waals surface area contributed by atoms with Gasteiger partial charge in [-0.2, -0.15) is 4.98 Å². The molecule has 2 amide bonds. The van der Waals surface area contributed by atoms with Crippen LogP contribution in [0.25, 0.3) is 0 Å². The average Bonchev–Trinajstić information content (AvgIpc) is 2.87. The molecular formula is C15H26N4O2. The first-order chi connectivity index (χ1) is 10.1. The van der Waals surface area contributed by atoms with E-state index in [1.54, 1.807) is 4.90 Å². The molecular weight excluding hydrogens is 268 g/mol. The third-order valence-corrected chi connectivity index (χ3v) is 4.24. The summed E-state index contributed by atoms with van der Waals surface area (Å²) >= 11 is 0. The fraction of sp³-hybridized carbons (Fsp3) is 0.800. The molecule has 1 atom stereocenters. The van der Waals surface area contributed by atoms with Crippen LogP contribution >= 0.6 is 0 Å². The second-order valence-corrected chi connectivity index (χ2v) is 5.89. The summed E-state index contributed by atoms with van der Waals surface area (Å²) in [7, 11) is 0. The Bertz CT molecular complexity index is 456. The normalized spacial score (nSPS) is 16.3. The Hall–Kier alpha value is -1.59. The lowest BCUT2D eigenvalue weighted by molar-refractivity contribution is 0.194. The zero-order valence-corrected chi connectivity index (χ0v) is 13.3. The number of urea groups is 1. The molecule has 1 aromatic heterocycles. The van der Waals surface area contributed by atoms with E-state index in [1.807, 2.05) is 6.92 Å². The molecule has 1 saturated carbocycles. The number of rotatable bonds is 7. The number of amides is 2. The number of hydrogen-bond acceptors (Lipinski definition) is 4. The lowest BCUT2D eigenvalue weighted by Crippen LogP contribution is -2.41. The van der Waals surface area contributed by atoms with Crippen molar-refractivity contribution in [2.75, 3.05) is 13.1 Å². The molecule has 1 N–H and O–H groups in total. The van der Waals surface area contributed by atoms with Gasteiger partial charge in [0.25, 0.3) is 0 Å². The van der Waals surface area contributed by atoms with E-state index in [0.29, 0.717) is 37.3 Å². The average molecular weight is 294 g/mol. The van der Waals surface area contributed by atoms with Gasteiger partial charge in [-0.3, -0.25) is 0 Å². The van der Waals surface area contributed by atoms with E-state index in [1.165, 1.54) is 6.42 Å². The Kier molecular flexibility index (Phi) is 5.59. The molecule has 0 spiro atoms. The third-order valence-electron chi connectivity index (χ3n) is 4.24. The number of carbonyl (C=O) groups is 1. The van der Waals surface area contributed by atoms with Crippen LogP contribution in [0.1, 0.15) is 64.1 Å². The van der Waals surface area contributed by atoms with Crippen LogP contribution in [-0.2, 0) is 6.54 Å². The van der Waals surface area contributed by atoms with Crippen LogP contribution in [0.3, 0.4) is 0 Å². The van der Waals surface area contributed by atoms with Crippen LogP contribution in [0.5, 0.6) is 0 Å². The van der Waals surface area contributed by atoms with Crippen molar-refractivity contribution in [2.45, 2.75) is 58.9 Å². The summed E-state index contributed by atoms with van der Waals surface area (Å²) in [5, 5.41) is 6.95. The molecule has 1 aliphatic rings. The molecule has 1 aromatic rings. The van der Waals surface area contributed by atoms with E-state index < -0.39 is 0 Å². The minimum Gasteiger partial charge on any atom is -0.339 e. The van der Waals surface area contributed by atoms with Gasteiger partial charge in [0.05, 0.1) is 6.54 Å². The van der Waals surface area contributed by atoms with Gasteiger partial charge in [0.2, 0.25) is 5.89 Å². The van der Waals surface area contributed by atoms with Crippen LogP contribution < -0.4 is 5.32 Å². The van der Waals surface area contributed by atoms with Crippen LogP contribution in [0, 0.1) is 5.92 Å². The van der Waals surface area contributed by atoms with Crippen molar-refractivity contribution < 1.29 is 9.32 Å². The van der Waals surface area contributed by atoms with Gasteiger partial charge in [-0.15, -0.1) is 0 Å². The first kappa shape index (κ1) is 15.8. The van der Waals surface area contributed by atoms with Crippen LogP contribution in [0.2, 0.25) is 0 Å². The summed E-state index contributed by atoms with van der Waals surface area (Å²) in [5.74, 6) is 2.24. The molecule has 0 aromatic carbocycles. The molecule has 0 saturated heterocycles. The summed E-state index contributed by atoms with van der Waals surface area (Å²) in [5.41, 5.74) is 0. The van der Waals surface area contributed by atoms with Crippen molar-refractivity contribution in [1.29, 1.82) is 0 Å². The van der Waals surface area contributed by atoms with Gasteiger partial charge in [0, 0.05) is 19.0 Å². The molecule has 1 aliphatic carbocycles. The smallest absolute Gasteiger partial charge is 0.317 e. The highest BCUT2D eigenvalue weighted by Crippen LogP contribution is 2.35. The van der Waals surface area contributed by atoms with Gasteiger partial charge in [0.15, 0.2) is 5.82 Å². The Balaban J connectivity index is 1.85. The summed E-state index contributed by atoms with van der Waals surface area (Å²) in [6.45, 7) is 7.93. The zero-order valence-electron chi connectivity index (χ0n) is 13.3. The highest BCUT2D eigenvalue weighted by atomic mass is 16.5. The maximum atomic E-state index is 12.1. The highest BCUT2D eigenvalue weighted by Gasteiger charge is 2.26. The lowest BCUT2D eigenvalue weighted by atomic mass is 9.85. The maximum absolute atomic E-state index is 12.1. The Morgan fingerprint density at radius 2 is 2.24 bits per heavy atom. The predicted molar refractivity (Wildman–Crippen MR) is 79.8 cm³/mol. The zero-order chi connectivity index (χ0) is 15.2. The molecule has 0 unspecified atom stereocenters. The van der Waals surface area contributed by atoms with Gasteiger partial charge in [-0.1, -0.05) is 31.8 Å². The molecule has 0 radical (unpaired) electrons. The van der Waals surface area contributed by atoms with Gasteiger partial charge in [-0.25, -0.2) is 4.79 Å². The predicted octanol–water partition coefficient (Wildman–Crippen LogP) is 2.91. The minimum atomic E-state index is -0.0622. The van der Waals surface area contributed by atoms with Gasteiger partial charge in [0.1, 0.15) is 0 Å². The first-order valence-corrected chi connectivity index (χ1v) is 7.99. The maximum Gasteiger partial charge on any atom is 0.317 e. The largest absolute Gasteiger partial charge is 0.339 e. The number of nitrogens with one attached hydrogen (secondary N) is 1. The van der Waals surface area contributed by atoms with Crippen molar-refractivity contribution in [2.24, 2.45) is 5.92 Å². The van der Waals surface area contributed by atoms with Gasteiger partial charge >= 0.3 is 6.03 Å². The molecule has 21 heavy (non-hydrogen) atoms. The van der Waals surface area contributed by atoms with Crippen molar-refractivity contribution in [1.82, 2.24) is 20.4 Å². The van der Waals surface area contributed by atoms with E-state index in [0.717, 1.165) is 25.2 Å². The Morgan fingerprint density at radius 3 is 2.81 bits per heavy atom. The quantitative estimate of drug-likeness (QED) is 0.839. The van der Waals surface area contributed by atoms with Gasteiger partial charge < -0.3 is 14.7 Å². The second-order valence-electron chi connectivity index (χ2n) is 5.89. The molecule has 2 rings (SSSR count). The molecule has 1 heterocycles. The van der Waals surface area contributed by atoms with E-state index >= 15 is 0 Å². The van der Waals surface area contributed by atoms with Crippen LogP contribution in [0.15, 0.2) is 4.52 Å². The van der Waals surface area contributed by atoms with E-state index in [2.05, 4.69) is 29.3 Å². The highest BCUT2D eigenvalue weighted by molar-refractivity contribution is 5.74. The fourth-order valence-electron chi connectivity index (χ4n) is 2.17. The van der Waals surface area contributed by atoms with Crippen molar-refractivity contribution in [3.63, 3.8) is 0 Å². The SMILES string of the molecule is CC[C@@H](C)CNC(=O)N(CC)Cc1noc(C2CCC2)n1. The number of carbonyl (C=O) groups excluding carboxylic acids is 1. The summed E-state index contributed by atoms with van der Waals surface area (Å²) in [6, 6.07) is -0.0622. The minimum absolute atomic E-state index is 0.0622. The van der Waals surface area contributed by atoms with Crippen LogP contribution in [-0.4, -0.2) is 34.2 Å². The van der Waals surface area contributed by atoms with Crippen LogP contribution in [0.4, 0.5) is 4.79 Å². The van der Waals surface area contributed by atoms with E-state index in [-0.39, 0.29) is 6.03 Å².